The van der Waals surface area contributed by atoms with Crippen LogP contribution in [0.15, 0.2) is 41.3 Å². The number of hydrogen-bond donors (Lipinski definition) is 3. The lowest BCUT2D eigenvalue weighted by atomic mass is 9.94. The second-order valence-corrected chi connectivity index (χ2v) is 10.0. The maximum atomic E-state index is 13.0. The van der Waals surface area contributed by atoms with Gasteiger partial charge in [0.05, 0.1) is 17.7 Å². The zero-order chi connectivity index (χ0) is 23.5. The predicted octanol–water partition coefficient (Wildman–Crippen LogP) is 5.43. The molecule has 1 aliphatic rings. The number of aryl methyl sites for hydroxylation is 1. The number of nitrogens with one attached hydrogen (secondary N) is 3. The number of H-pyrrole nitrogens is 1. The first-order valence-electron chi connectivity index (χ1n) is 11.0. The van der Waals surface area contributed by atoms with Crippen LogP contribution in [0.5, 0.6) is 0 Å². The summed E-state index contributed by atoms with van der Waals surface area (Å²) in [5, 5.41) is 8.79. The van der Waals surface area contributed by atoms with Crippen LogP contribution >= 0.6 is 23.1 Å². The SMILES string of the molecule is Cc1ccc(NC(=O)Nc2nc(CSc3ncnc4nc[nH]c34)cs2)c(C(=O)C2CCCC2)c1. The summed E-state index contributed by atoms with van der Waals surface area (Å²) < 4.78 is 0. The van der Waals surface area contributed by atoms with Crippen LogP contribution < -0.4 is 10.6 Å². The molecule has 1 saturated carbocycles. The van der Waals surface area contributed by atoms with Gasteiger partial charge in [0.25, 0.3) is 0 Å². The van der Waals surface area contributed by atoms with E-state index in [2.05, 4.69) is 35.6 Å². The molecule has 0 atom stereocenters. The lowest BCUT2D eigenvalue weighted by Gasteiger charge is -2.14. The second kappa shape index (κ2) is 9.90. The van der Waals surface area contributed by atoms with Crippen LogP contribution in [-0.4, -0.2) is 36.7 Å². The number of thioether (sulfide) groups is 1. The topological polar surface area (TPSA) is 126 Å². The first-order valence-corrected chi connectivity index (χ1v) is 12.9. The Kier molecular flexibility index (Phi) is 6.54. The van der Waals surface area contributed by atoms with E-state index in [1.54, 1.807) is 12.4 Å². The number of aromatic nitrogens is 5. The van der Waals surface area contributed by atoms with Gasteiger partial charge in [-0.1, -0.05) is 36.2 Å². The van der Waals surface area contributed by atoms with Crippen LogP contribution in [0.25, 0.3) is 11.2 Å². The van der Waals surface area contributed by atoms with E-state index in [9.17, 15) is 9.59 Å². The third-order valence-corrected chi connectivity index (χ3v) is 7.56. The van der Waals surface area contributed by atoms with Crippen molar-refractivity contribution in [1.29, 1.82) is 0 Å². The molecule has 0 unspecified atom stereocenters. The number of thiazole rings is 1. The van der Waals surface area contributed by atoms with E-state index in [-0.39, 0.29) is 11.7 Å². The van der Waals surface area contributed by atoms with Gasteiger partial charge in [-0.05, 0) is 31.9 Å². The normalized spacial score (nSPS) is 13.9. The van der Waals surface area contributed by atoms with Crippen LogP contribution in [0.3, 0.4) is 0 Å². The minimum absolute atomic E-state index is 0.0438. The average molecular weight is 494 g/mol. The van der Waals surface area contributed by atoms with E-state index in [0.29, 0.717) is 27.8 Å². The van der Waals surface area contributed by atoms with Gasteiger partial charge in [0, 0.05) is 22.6 Å². The van der Waals surface area contributed by atoms with Crippen LogP contribution in [0.2, 0.25) is 0 Å². The Balaban J connectivity index is 1.22. The molecule has 9 nitrogen and oxygen atoms in total. The Hall–Kier alpha value is -3.31. The molecule has 3 aromatic heterocycles. The number of carbonyl (C=O) groups is 2. The van der Waals surface area contributed by atoms with Crippen molar-refractivity contribution in [3.63, 3.8) is 0 Å². The molecule has 11 heteroatoms. The lowest BCUT2D eigenvalue weighted by molar-refractivity contribution is 0.0923. The highest BCUT2D eigenvalue weighted by Crippen LogP contribution is 2.31. The molecule has 1 aromatic carbocycles. The average Bonchev–Trinajstić information content (AvgIpc) is 3.60. The number of benzene rings is 1. The maximum absolute atomic E-state index is 13.0. The molecule has 1 fully saturated rings. The standard InChI is InChI=1S/C23H23N7O2S2/c1-13-6-7-17(16(8-13)19(31)14-4-2-3-5-14)29-22(32)30-23-28-15(10-34-23)9-33-21-18-20(25-11-24-18)26-12-27-21/h6-8,10-12,14H,2-5,9H2,1H3,(H,24,25,26,27)(H2,28,29,30,32). The first kappa shape index (κ1) is 22.5. The van der Waals surface area contributed by atoms with Crippen LogP contribution in [0, 0.1) is 12.8 Å². The Bertz CT molecular complexity index is 1340. The number of anilines is 2. The number of hydrogen-bond acceptors (Lipinski definition) is 8. The first-order chi connectivity index (χ1) is 16.6. The van der Waals surface area contributed by atoms with Gasteiger partial charge in [-0.25, -0.2) is 24.7 Å². The minimum Gasteiger partial charge on any atom is -0.341 e. The number of imidazole rings is 1. The number of Topliss-reactive ketones (excluding diaryl/α,β-unsaturated/α-hetero) is 1. The van der Waals surface area contributed by atoms with Crippen molar-refractivity contribution in [2.75, 3.05) is 10.6 Å². The van der Waals surface area contributed by atoms with Crippen LogP contribution in [-0.2, 0) is 5.75 Å². The fourth-order valence-electron chi connectivity index (χ4n) is 4.05. The van der Waals surface area contributed by atoms with Gasteiger partial charge in [-0.15, -0.1) is 11.3 Å². The van der Waals surface area contributed by atoms with Gasteiger partial charge < -0.3 is 10.3 Å². The van der Waals surface area contributed by atoms with E-state index < -0.39 is 6.03 Å². The number of amides is 2. The Morgan fingerprint density at radius 2 is 2.03 bits per heavy atom. The van der Waals surface area contributed by atoms with Gasteiger partial charge in [0.2, 0.25) is 0 Å². The molecule has 174 valence electrons. The highest BCUT2D eigenvalue weighted by atomic mass is 32.2. The summed E-state index contributed by atoms with van der Waals surface area (Å²) in [7, 11) is 0. The molecule has 1 aliphatic carbocycles. The number of carbonyl (C=O) groups excluding carboxylic acids is 2. The molecule has 3 N–H and O–H groups in total. The molecule has 34 heavy (non-hydrogen) atoms. The molecule has 2 amide bonds. The molecule has 0 spiro atoms. The molecule has 4 aromatic rings. The van der Waals surface area contributed by atoms with Gasteiger partial charge >= 0.3 is 6.03 Å². The summed E-state index contributed by atoms with van der Waals surface area (Å²) in [5.74, 6) is 0.742. The monoisotopic (exact) mass is 493 g/mol. The number of aromatic amines is 1. The molecule has 0 saturated heterocycles. The number of nitrogens with zero attached hydrogens (tertiary/aromatic N) is 4. The number of ketones is 1. The van der Waals surface area contributed by atoms with E-state index in [0.717, 1.165) is 47.5 Å². The summed E-state index contributed by atoms with van der Waals surface area (Å²) in [4.78, 5) is 45.8. The maximum Gasteiger partial charge on any atom is 0.325 e. The number of urea groups is 1. The summed E-state index contributed by atoms with van der Waals surface area (Å²) in [6, 6.07) is 5.12. The summed E-state index contributed by atoms with van der Waals surface area (Å²) in [5.41, 5.74) is 4.33. The van der Waals surface area contributed by atoms with Crippen molar-refractivity contribution in [3.05, 3.63) is 53.1 Å². The quantitative estimate of drug-likeness (QED) is 0.178. The largest absolute Gasteiger partial charge is 0.341 e. The molecule has 0 aliphatic heterocycles. The minimum atomic E-state index is -0.423. The highest BCUT2D eigenvalue weighted by molar-refractivity contribution is 7.98. The molecular weight excluding hydrogens is 470 g/mol. The lowest BCUT2D eigenvalue weighted by Crippen LogP contribution is -2.22. The van der Waals surface area contributed by atoms with Crippen LogP contribution in [0.4, 0.5) is 15.6 Å². The van der Waals surface area contributed by atoms with E-state index in [4.69, 9.17) is 0 Å². The second-order valence-electron chi connectivity index (χ2n) is 8.19. The third-order valence-electron chi connectivity index (χ3n) is 5.73. The predicted molar refractivity (Wildman–Crippen MR) is 133 cm³/mol. The van der Waals surface area contributed by atoms with Crippen molar-refractivity contribution in [1.82, 2.24) is 24.9 Å². The van der Waals surface area contributed by atoms with E-state index in [1.165, 1.54) is 29.4 Å². The van der Waals surface area contributed by atoms with Crippen molar-refractivity contribution >= 4 is 56.9 Å². The zero-order valence-electron chi connectivity index (χ0n) is 18.5. The van der Waals surface area contributed by atoms with Gasteiger partial charge in [0.1, 0.15) is 16.9 Å². The molecular formula is C23H23N7O2S2. The Labute approximate surface area is 204 Å². The highest BCUT2D eigenvalue weighted by Gasteiger charge is 2.26. The summed E-state index contributed by atoms with van der Waals surface area (Å²) in [6.07, 6.45) is 7.08. The fourth-order valence-corrected chi connectivity index (χ4v) is 5.71. The van der Waals surface area contributed by atoms with E-state index >= 15 is 0 Å². The third kappa shape index (κ3) is 4.95. The van der Waals surface area contributed by atoms with Crippen molar-refractivity contribution in [3.8, 4) is 0 Å². The molecule has 0 radical (unpaired) electrons. The van der Waals surface area contributed by atoms with Crippen LogP contribution in [0.1, 0.15) is 47.3 Å². The van der Waals surface area contributed by atoms with Gasteiger partial charge in [-0.3, -0.25) is 10.1 Å². The fraction of sp³-hybridized carbons (Fsp3) is 0.304. The molecule has 5 rings (SSSR count). The smallest absolute Gasteiger partial charge is 0.325 e. The van der Waals surface area contributed by atoms with Crippen molar-refractivity contribution in [2.45, 2.75) is 43.4 Å². The van der Waals surface area contributed by atoms with E-state index in [1.807, 2.05) is 24.4 Å². The zero-order valence-corrected chi connectivity index (χ0v) is 20.1. The van der Waals surface area contributed by atoms with Gasteiger partial charge in [-0.2, -0.15) is 0 Å². The number of rotatable bonds is 7. The molecule has 3 heterocycles. The number of fused-ring (bicyclic) bond motifs is 1. The molecule has 0 bridgehead atoms. The van der Waals surface area contributed by atoms with Crippen molar-refractivity contribution in [2.24, 2.45) is 5.92 Å². The van der Waals surface area contributed by atoms with Crippen molar-refractivity contribution < 1.29 is 9.59 Å². The summed E-state index contributed by atoms with van der Waals surface area (Å²) >= 11 is 2.86. The summed E-state index contributed by atoms with van der Waals surface area (Å²) in [6.45, 7) is 1.95. The van der Waals surface area contributed by atoms with Gasteiger partial charge in [0.15, 0.2) is 16.6 Å². The Morgan fingerprint density at radius 1 is 1.18 bits per heavy atom. The Morgan fingerprint density at radius 3 is 2.88 bits per heavy atom.